The van der Waals surface area contributed by atoms with Crippen LogP contribution in [0, 0.1) is 11.2 Å². The zero-order valence-corrected chi connectivity index (χ0v) is 15.0. The first-order chi connectivity index (χ1) is 11.4. The number of benzene rings is 1. The van der Waals surface area contributed by atoms with E-state index >= 15 is 0 Å². The number of amides is 1. The molecule has 1 aromatic rings. The van der Waals surface area contributed by atoms with Gasteiger partial charge in [0.15, 0.2) is 0 Å². The van der Waals surface area contributed by atoms with Crippen molar-refractivity contribution in [2.24, 2.45) is 5.41 Å². The summed E-state index contributed by atoms with van der Waals surface area (Å²) in [5.41, 5.74) is 0.741. The van der Waals surface area contributed by atoms with Gasteiger partial charge >= 0.3 is 0 Å². The molecule has 0 saturated carbocycles. The Bertz CT molecular complexity index is 596. The maximum Gasteiger partial charge on any atom is 0.244 e. The Morgan fingerprint density at radius 2 is 1.79 bits per heavy atom. The second kappa shape index (κ2) is 6.81. The molecular weight excluding hydrogens is 305 g/mol. The summed E-state index contributed by atoms with van der Waals surface area (Å²) in [4.78, 5) is 19.3. The maximum atomic E-state index is 14.2. The molecule has 24 heavy (non-hydrogen) atoms. The highest BCUT2D eigenvalue weighted by atomic mass is 19.1. The van der Waals surface area contributed by atoms with Crippen LogP contribution in [0.1, 0.15) is 30.9 Å². The predicted molar refractivity (Wildman–Crippen MR) is 93.2 cm³/mol. The minimum absolute atomic E-state index is 0.0286. The SMILES string of the molecule is CN1CCC2(CC1)CCN(C(=O)[C@@H](c1ccccc1F)N(C)C)C2. The van der Waals surface area contributed by atoms with E-state index in [2.05, 4.69) is 11.9 Å². The van der Waals surface area contributed by atoms with Crippen molar-refractivity contribution in [3.8, 4) is 0 Å². The summed E-state index contributed by atoms with van der Waals surface area (Å²) in [6.45, 7) is 3.82. The van der Waals surface area contributed by atoms with Crippen molar-refractivity contribution in [3.05, 3.63) is 35.6 Å². The predicted octanol–water partition coefficient (Wildman–Crippen LogP) is 2.37. The van der Waals surface area contributed by atoms with Crippen LogP contribution >= 0.6 is 0 Å². The minimum atomic E-state index is -0.549. The third kappa shape index (κ3) is 3.33. The summed E-state index contributed by atoms with van der Waals surface area (Å²) < 4.78 is 14.2. The Morgan fingerprint density at radius 3 is 2.42 bits per heavy atom. The molecule has 1 spiro atoms. The summed E-state index contributed by atoms with van der Waals surface area (Å²) in [6.07, 6.45) is 3.38. The van der Waals surface area contributed by atoms with E-state index in [1.807, 2.05) is 23.9 Å². The summed E-state index contributed by atoms with van der Waals surface area (Å²) >= 11 is 0. The van der Waals surface area contributed by atoms with Crippen LogP contribution in [0.3, 0.4) is 0 Å². The van der Waals surface area contributed by atoms with Crippen LogP contribution < -0.4 is 0 Å². The maximum absolute atomic E-state index is 14.2. The molecule has 5 heteroatoms. The molecule has 0 bridgehead atoms. The van der Waals surface area contributed by atoms with Crippen molar-refractivity contribution < 1.29 is 9.18 Å². The number of rotatable bonds is 3. The first-order valence-corrected chi connectivity index (χ1v) is 8.80. The number of carbonyl (C=O) groups is 1. The first kappa shape index (κ1) is 17.4. The molecular formula is C19H28FN3O. The summed E-state index contributed by atoms with van der Waals surface area (Å²) in [7, 11) is 5.85. The Balaban J connectivity index is 1.76. The molecule has 2 aliphatic heterocycles. The quantitative estimate of drug-likeness (QED) is 0.850. The van der Waals surface area contributed by atoms with E-state index in [1.54, 1.807) is 18.2 Å². The van der Waals surface area contributed by atoms with E-state index in [0.717, 1.165) is 45.4 Å². The largest absolute Gasteiger partial charge is 0.340 e. The number of hydrogen-bond donors (Lipinski definition) is 0. The van der Waals surface area contributed by atoms with Crippen molar-refractivity contribution in [3.63, 3.8) is 0 Å². The lowest BCUT2D eigenvalue weighted by molar-refractivity contribution is -0.136. The Kier molecular flexibility index (Phi) is 4.92. The van der Waals surface area contributed by atoms with Gasteiger partial charge in [0.25, 0.3) is 0 Å². The number of carbonyl (C=O) groups excluding carboxylic acids is 1. The van der Waals surface area contributed by atoms with E-state index in [1.165, 1.54) is 6.07 Å². The smallest absolute Gasteiger partial charge is 0.244 e. The van der Waals surface area contributed by atoms with E-state index in [4.69, 9.17) is 0 Å². The molecule has 4 nitrogen and oxygen atoms in total. The van der Waals surface area contributed by atoms with E-state index in [9.17, 15) is 9.18 Å². The normalized spacial score (nSPS) is 22.3. The third-order valence-corrected chi connectivity index (χ3v) is 5.75. The second-order valence-electron chi connectivity index (χ2n) is 7.70. The van der Waals surface area contributed by atoms with Gasteiger partial charge in [-0.15, -0.1) is 0 Å². The molecule has 2 aliphatic rings. The third-order valence-electron chi connectivity index (χ3n) is 5.75. The topological polar surface area (TPSA) is 26.8 Å². The standard InChI is InChI=1S/C19H28FN3O/c1-21(2)17(15-6-4-5-7-16(15)20)18(24)23-13-10-19(14-23)8-11-22(3)12-9-19/h4-7,17H,8-14H2,1-3H3/t17-/m1/s1. The highest BCUT2D eigenvalue weighted by Crippen LogP contribution is 2.41. The fourth-order valence-electron chi connectivity index (χ4n) is 4.13. The first-order valence-electron chi connectivity index (χ1n) is 8.80. The van der Waals surface area contributed by atoms with Gasteiger partial charge in [-0.05, 0) is 65.0 Å². The molecule has 2 heterocycles. The highest BCUT2D eigenvalue weighted by molar-refractivity contribution is 5.83. The van der Waals surface area contributed by atoms with Gasteiger partial charge in [0.1, 0.15) is 11.9 Å². The van der Waals surface area contributed by atoms with Gasteiger partial charge in [-0.1, -0.05) is 18.2 Å². The van der Waals surface area contributed by atoms with E-state index in [-0.39, 0.29) is 17.1 Å². The molecule has 0 N–H and O–H groups in total. The molecule has 1 aromatic carbocycles. The molecule has 3 rings (SSSR count). The van der Waals surface area contributed by atoms with Crippen molar-refractivity contribution >= 4 is 5.91 Å². The Labute approximate surface area is 144 Å². The molecule has 1 amide bonds. The molecule has 0 unspecified atom stereocenters. The van der Waals surface area contributed by atoms with Gasteiger partial charge in [0, 0.05) is 18.7 Å². The van der Waals surface area contributed by atoms with Crippen LogP contribution in [0.15, 0.2) is 24.3 Å². The molecule has 0 aliphatic carbocycles. The zero-order chi connectivity index (χ0) is 17.3. The van der Waals surface area contributed by atoms with Crippen LogP contribution in [0.25, 0.3) is 0 Å². The summed E-state index contributed by atoms with van der Waals surface area (Å²) in [5, 5.41) is 0. The zero-order valence-electron chi connectivity index (χ0n) is 15.0. The van der Waals surface area contributed by atoms with Crippen molar-refractivity contribution in [2.45, 2.75) is 25.3 Å². The lowest BCUT2D eigenvalue weighted by Gasteiger charge is -2.38. The average Bonchev–Trinajstić information content (AvgIpc) is 2.96. The number of nitrogens with zero attached hydrogens (tertiary/aromatic N) is 3. The average molecular weight is 333 g/mol. The van der Waals surface area contributed by atoms with Crippen molar-refractivity contribution in [1.82, 2.24) is 14.7 Å². The fraction of sp³-hybridized carbons (Fsp3) is 0.632. The summed E-state index contributed by atoms with van der Waals surface area (Å²) in [6, 6.07) is 6.07. The highest BCUT2D eigenvalue weighted by Gasteiger charge is 2.43. The van der Waals surface area contributed by atoms with Crippen molar-refractivity contribution in [2.75, 3.05) is 47.3 Å². The minimum Gasteiger partial charge on any atom is -0.340 e. The second-order valence-corrected chi connectivity index (χ2v) is 7.70. The number of likely N-dealkylation sites (N-methyl/N-ethyl adjacent to an activating group) is 1. The Hall–Kier alpha value is -1.46. The van der Waals surface area contributed by atoms with Crippen LogP contribution in [-0.2, 0) is 4.79 Å². The molecule has 0 radical (unpaired) electrons. The van der Waals surface area contributed by atoms with Gasteiger partial charge in [-0.25, -0.2) is 4.39 Å². The van der Waals surface area contributed by atoms with Crippen LogP contribution in [-0.4, -0.2) is 67.9 Å². The molecule has 0 aromatic heterocycles. The fourth-order valence-corrected chi connectivity index (χ4v) is 4.13. The number of halogens is 1. The monoisotopic (exact) mass is 333 g/mol. The molecule has 2 fully saturated rings. The van der Waals surface area contributed by atoms with E-state index < -0.39 is 6.04 Å². The van der Waals surface area contributed by atoms with Crippen LogP contribution in [0.2, 0.25) is 0 Å². The van der Waals surface area contributed by atoms with Gasteiger partial charge in [-0.3, -0.25) is 9.69 Å². The number of piperidine rings is 1. The van der Waals surface area contributed by atoms with Gasteiger partial charge in [0.2, 0.25) is 5.91 Å². The molecule has 132 valence electrons. The van der Waals surface area contributed by atoms with Gasteiger partial charge in [0.05, 0.1) is 0 Å². The lowest BCUT2D eigenvalue weighted by Crippen LogP contribution is -2.43. The molecule has 1 atom stereocenters. The van der Waals surface area contributed by atoms with Gasteiger partial charge < -0.3 is 9.80 Å². The van der Waals surface area contributed by atoms with Crippen molar-refractivity contribution in [1.29, 1.82) is 0 Å². The number of likely N-dealkylation sites (tertiary alicyclic amines) is 2. The van der Waals surface area contributed by atoms with E-state index in [0.29, 0.717) is 5.56 Å². The Morgan fingerprint density at radius 1 is 1.17 bits per heavy atom. The van der Waals surface area contributed by atoms with Crippen LogP contribution in [0.4, 0.5) is 4.39 Å². The molecule has 2 saturated heterocycles. The summed E-state index contributed by atoms with van der Waals surface area (Å²) in [5.74, 6) is -0.279. The number of hydrogen-bond acceptors (Lipinski definition) is 3. The lowest BCUT2D eigenvalue weighted by atomic mass is 9.78. The van der Waals surface area contributed by atoms with Gasteiger partial charge in [-0.2, -0.15) is 0 Å². The van der Waals surface area contributed by atoms with Crippen LogP contribution in [0.5, 0.6) is 0 Å².